The molecule has 0 aliphatic heterocycles. The number of aryl methyl sites for hydroxylation is 2. The van der Waals surface area contributed by atoms with Crippen LogP contribution in [-0.4, -0.2) is 31.3 Å². The Morgan fingerprint density at radius 3 is 2.65 bits per heavy atom. The summed E-state index contributed by atoms with van der Waals surface area (Å²) in [6.07, 6.45) is 0.452. The van der Waals surface area contributed by atoms with E-state index in [1.807, 2.05) is 20.8 Å². The van der Waals surface area contributed by atoms with Gasteiger partial charge in [-0.1, -0.05) is 0 Å². The van der Waals surface area contributed by atoms with Gasteiger partial charge in [0.25, 0.3) is 5.78 Å². The van der Waals surface area contributed by atoms with Gasteiger partial charge in [-0.05, 0) is 32.8 Å². The smallest absolute Gasteiger partial charge is 0.252 e. The quantitative estimate of drug-likeness (QED) is 0.805. The molecule has 0 amide bonds. The van der Waals surface area contributed by atoms with Crippen molar-refractivity contribution in [1.29, 1.82) is 0 Å². The summed E-state index contributed by atoms with van der Waals surface area (Å²) in [7, 11) is 0. The first-order chi connectivity index (χ1) is 8.04. The molecule has 92 valence electrons. The molecule has 0 saturated carbocycles. The molecular formula is C11H17N5O. The second-order valence-electron chi connectivity index (χ2n) is 4.21. The van der Waals surface area contributed by atoms with Gasteiger partial charge >= 0.3 is 0 Å². The van der Waals surface area contributed by atoms with Crippen LogP contribution in [0.4, 0.5) is 0 Å². The minimum absolute atomic E-state index is 0.0290. The third-order valence-corrected chi connectivity index (χ3v) is 3.05. The van der Waals surface area contributed by atoms with Crippen LogP contribution in [0.1, 0.15) is 35.2 Å². The molecule has 2 aromatic heterocycles. The number of hydrogen-bond donors (Lipinski definition) is 2. The molecule has 0 bridgehead atoms. The van der Waals surface area contributed by atoms with Crippen molar-refractivity contribution in [2.45, 2.75) is 33.2 Å². The van der Waals surface area contributed by atoms with E-state index in [1.54, 1.807) is 4.52 Å². The van der Waals surface area contributed by atoms with Crippen molar-refractivity contribution in [3.63, 3.8) is 0 Å². The number of hydrogen-bond acceptors (Lipinski definition) is 5. The van der Waals surface area contributed by atoms with Crippen LogP contribution in [0.25, 0.3) is 5.78 Å². The van der Waals surface area contributed by atoms with Gasteiger partial charge in [-0.2, -0.15) is 4.98 Å². The van der Waals surface area contributed by atoms with Crippen LogP contribution >= 0.6 is 0 Å². The molecule has 6 heteroatoms. The monoisotopic (exact) mass is 235 g/mol. The van der Waals surface area contributed by atoms with Crippen molar-refractivity contribution in [1.82, 2.24) is 19.6 Å². The fourth-order valence-corrected chi connectivity index (χ4v) is 1.70. The summed E-state index contributed by atoms with van der Waals surface area (Å²) in [6, 6.07) is -0.346. The fraction of sp³-hybridized carbons (Fsp3) is 0.545. The minimum atomic E-state index is -0.346. The van der Waals surface area contributed by atoms with E-state index < -0.39 is 0 Å². The number of rotatable bonds is 3. The highest BCUT2D eigenvalue weighted by molar-refractivity contribution is 5.36. The maximum atomic E-state index is 8.86. The van der Waals surface area contributed by atoms with Crippen molar-refractivity contribution >= 4 is 5.78 Å². The molecule has 0 saturated heterocycles. The van der Waals surface area contributed by atoms with E-state index in [9.17, 15) is 0 Å². The normalized spacial score (nSPS) is 13.2. The molecule has 3 N–H and O–H groups in total. The van der Waals surface area contributed by atoms with Gasteiger partial charge in [0.1, 0.15) is 0 Å². The van der Waals surface area contributed by atoms with Crippen LogP contribution in [0.5, 0.6) is 0 Å². The molecule has 2 aromatic rings. The Bertz CT molecular complexity index is 548. The zero-order valence-electron chi connectivity index (χ0n) is 10.3. The topological polar surface area (TPSA) is 89.3 Å². The van der Waals surface area contributed by atoms with Crippen LogP contribution in [0, 0.1) is 20.8 Å². The summed E-state index contributed by atoms with van der Waals surface area (Å²) in [5.74, 6) is 1.09. The van der Waals surface area contributed by atoms with Gasteiger partial charge in [-0.15, -0.1) is 5.10 Å². The van der Waals surface area contributed by atoms with Crippen LogP contribution in [0.3, 0.4) is 0 Å². The van der Waals surface area contributed by atoms with E-state index in [0.717, 1.165) is 17.0 Å². The third kappa shape index (κ3) is 2.01. The van der Waals surface area contributed by atoms with E-state index in [1.165, 1.54) is 0 Å². The predicted octanol–water partition coefficient (Wildman–Crippen LogP) is 0.432. The predicted molar refractivity (Wildman–Crippen MR) is 63.6 cm³/mol. The van der Waals surface area contributed by atoms with E-state index in [0.29, 0.717) is 18.0 Å². The number of aromatic nitrogens is 4. The molecule has 0 radical (unpaired) electrons. The average molecular weight is 235 g/mol. The Hall–Kier alpha value is -1.53. The van der Waals surface area contributed by atoms with E-state index in [-0.39, 0.29) is 12.6 Å². The molecule has 2 heterocycles. The van der Waals surface area contributed by atoms with Crippen LogP contribution in [0.15, 0.2) is 0 Å². The maximum Gasteiger partial charge on any atom is 0.252 e. The molecule has 2 rings (SSSR count). The molecule has 0 aromatic carbocycles. The summed E-state index contributed by atoms with van der Waals surface area (Å²) in [4.78, 5) is 8.67. The van der Waals surface area contributed by atoms with Crippen molar-refractivity contribution in [2.75, 3.05) is 6.61 Å². The Morgan fingerprint density at radius 1 is 1.29 bits per heavy atom. The lowest BCUT2D eigenvalue weighted by atomic mass is 10.2. The molecule has 6 nitrogen and oxygen atoms in total. The maximum absolute atomic E-state index is 8.86. The summed E-state index contributed by atoms with van der Waals surface area (Å²) < 4.78 is 1.70. The summed E-state index contributed by atoms with van der Waals surface area (Å²) in [5, 5.41) is 13.2. The highest BCUT2D eigenvalue weighted by Gasteiger charge is 2.15. The van der Waals surface area contributed by atoms with E-state index >= 15 is 0 Å². The van der Waals surface area contributed by atoms with Crippen molar-refractivity contribution in [2.24, 2.45) is 5.73 Å². The molecule has 0 fully saturated rings. The summed E-state index contributed by atoms with van der Waals surface area (Å²) >= 11 is 0. The van der Waals surface area contributed by atoms with Crippen LogP contribution < -0.4 is 5.73 Å². The zero-order valence-corrected chi connectivity index (χ0v) is 10.3. The summed E-state index contributed by atoms with van der Waals surface area (Å²) in [5.41, 5.74) is 8.94. The highest BCUT2D eigenvalue weighted by Crippen LogP contribution is 2.15. The Morgan fingerprint density at radius 2 is 2.00 bits per heavy atom. The number of nitrogens with zero attached hydrogens (tertiary/aromatic N) is 4. The molecule has 0 aliphatic carbocycles. The number of nitrogens with two attached hydrogens (primary N) is 1. The van der Waals surface area contributed by atoms with Crippen molar-refractivity contribution in [3.8, 4) is 0 Å². The summed E-state index contributed by atoms with van der Waals surface area (Å²) in [6.45, 7) is 5.96. The lowest BCUT2D eigenvalue weighted by Crippen LogP contribution is -2.13. The van der Waals surface area contributed by atoms with Crippen molar-refractivity contribution < 1.29 is 5.11 Å². The second-order valence-corrected chi connectivity index (χ2v) is 4.21. The van der Waals surface area contributed by atoms with Gasteiger partial charge in [0.05, 0.1) is 6.04 Å². The standard InChI is InChI=1S/C11H17N5O/c1-6-7(2)13-11-14-10(9(12)4-5-17)15-16(11)8(6)3/h9,17H,4-5,12H2,1-3H3. The van der Waals surface area contributed by atoms with Crippen molar-refractivity contribution in [3.05, 3.63) is 22.8 Å². The number of aliphatic hydroxyl groups is 1. The largest absolute Gasteiger partial charge is 0.396 e. The molecule has 1 atom stereocenters. The SMILES string of the molecule is Cc1nc2nc(C(N)CCO)nn2c(C)c1C. The molecular weight excluding hydrogens is 218 g/mol. The third-order valence-electron chi connectivity index (χ3n) is 3.05. The molecule has 17 heavy (non-hydrogen) atoms. The van der Waals surface area contributed by atoms with Crippen LogP contribution in [0.2, 0.25) is 0 Å². The average Bonchev–Trinajstić information content (AvgIpc) is 2.70. The van der Waals surface area contributed by atoms with Gasteiger partial charge in [0, 0.05) is 18.0 Å². The van der Waals surface area contributed by atoms with Crippen LogP contribution in [-0.2, 0) is 0 Å². The van der Waals surface area contributed by atoms with Gasteiger partial charge in [0.15, 0.2) is 5.82 Å². The zero-order chi connectivity index (χ0) is 12.6. The first kappa shape index (κ1) is 11.9. The molecule has 0 spiro atoms. The van der Waals surface area contributed by atoms with Gasteiger partial charge in [0.2, 0.25) is 0 Å². The van der Waals surface area contributed by atoms with E-state index in [2.05, 4.69) is 15.1 Å². The Kier molecular flexibility index (Phi) is 3.08. The van der Waals surface area contributed by atoms with Gasteiger partial charge in [-0.3, -0.25) is 0 Å². The lowest BCUT2D eigenvalue weighted by Gasteiger charge is -2.04. The first-order valence-corrected chi connectivity index (χ1v) is 5.61. The van der Waals surface area contributed by atoms with Gasteiger partial charge < -0.3 is 10.8 Å². The number of fused-ring (bicyclic) bond motifs is 1. The highest BCUT2D eigenvalue weighted by atomic mass is 16.3. The second kappa shape index (κ2) is 4.38. The fourth-order valence-electron chi connectivity index (χ4n) is 1.70. The van der Waals surface area contributed by atoms with Gasteiger partial charge in [-0.25, -0.2) is 9.50 Å². The first-order valence-electron chi connectivity index (χ1n) is 5.61. The number of aliphatic hydroxyl groups excluding tert-OH is 1. The minimum Gasteiger partial charge on any atom is -0.396 e. The Labute approximate surface area is 99.5 Å². The molecule has 0 aliphatic rings. The van der Waals surface area contributed by atoms with E-state index in [4.69, 9.17) is 10.8 Å². The molecule has 1 unspecified atom stereocenters. The lowest BCUT2D eigenvalue weighted by molar-refractivity contribution is 0.274. The Balaban J connectivity index is 2.54.